The van der Waals surface area contributed by atoms with E-state index in [4.69, 9.17) is 0 Å². The molecule has 0 unspecified atom stereocenters. The molecule has 0 nitrogen and oxygen atoms in total. The van der Waals surface area contributed by atoms with Crippen LogP contribution in [-0.4, -0.2) is 0 Å². The van der Waals surface area contributed by atoms with Crippen molar-refractivity contribution >= 4 is 0 Å². The molecule has 0 amide bonds. The molecule has 0 bridgehead atoms. The summed E-state index contributed by atoms with van der Waals surface area (Å²) in [4.78, 5) is 0. The first kappa shape index (κ1) is 7.63. The second-order valence-corrected chi connectivity index (χ2v) is 4.71. The van der Waals surface area contributed by atoms with Crippen molar-refractivity contribution in [1.29, 1.82) is 0 Å². The topological polar surface area (TPSA) is 0 Å². The van der Waals surface area contributed by atoms with Crippen LogP contribution in [0.1, 0.15) is 38.5 Å². The van der Waals surface area contributed by atoms with Crippen molar-refractivity contribution in [3.63, 3.8) is 0 Å². The Kier molecular flexibility index (Phi) is 2.49. The molecule has 1 heteroatoms. The average molecular weight is 193 g/mol. The van der Waals surface area contributed by atoms with E-state index in [1.807, 2.05) is 0 Å². The molecule has 2 aliphatic carbocycles. The summed E-state index contributed by atoms with van der Waals surface area (Å²) in [5, 5.41) is 0. The fraction of sp³-hybridized carbons (Fsp3) is 0.600. The number of hydrogen-bond acceptors (Lipinski definition) is 0. The van der Waals surface area contributed by atoms with Gasteiger partial charge in [0.15, 0.2) is 0 Å². The molecule has 2 rings (SSSR count). The summed E-state index contributed by atoms with van der Waals surface area (Å²) in [7, 11) is 0. The van der Waals surface area contributed by atoms with Gasteiger partial charge < -0.3 is 0 Å². The zero-order valence-electron chi connectivity index (χ0n) is 6.73. The fourth-order valence-corrected chi connectivity index (χ4v) is 3.09. The fourth-order valence-electron chi connectivity index (χ4n) is 1.52. The van der Waals surface area contributed by atoms with Crippen molar-refractivity contribution < 1.29 is 14.7 Å². The van der Waals surface area contributed by atoms with Crippen molar-refractivity contribution in [2.75, 3.05) is 0 Å². The number of hydrogen-bond donors (Lipinski definition) is 0. The van der Waals surface area contributed by atoms with Crippen LogP contribution in [0.5, 0.6) is 0 Å². The summed E-state index contributed by atoms with van der Waals surface area (Å²) in [5.41, 5.74) is 0. The maximum atomic E-state index is 2.43. The Balaban J connectivity index is 1.89. The van der Waals surface area contributed by atoms with Crippen molar-refractivity contribution in [2.45, 2.75) is 38.5 Å². The van der Waals surface area contributed by atoms with Crippen LogP contribution in [0.2, 0.25) is 0 Å². The van der Waals surface area contributed by atoms with Crippen molar-refractivity contribution in [2.24, 2.45) is 0 Å². The van der Waals surface area contributed by atoms with Crippen LogP contribution in [0.15, 0.2) is 21.2 Å². The third kappa shape index (κ3) is 1.97. The first-order valence-corrected chi connectivity index (χ1v) is 5.48. The molecular formula is C10H14Co. The molecule has 0 aliphatic heterocycles. The third-order valence-corrected chi connectivity index (χ3v) is 3.76. The molecule has 0 N–H and O–H groups in total. The van der Waals surface area contributed by atoms with E-state index in [0.717, 1.165) is 0 Å². The van der Waals surface area contributed by atoms with E-state index in [0.29, 0.717) is 0 Å². The van der Waals surface area contributed by atoms with E-state index in [2.05, 4.69) is 12.2 Å². The summed E-state index contributed by atoms with van der Waals surface area (Å²) in [6, 6.07) is 0. The van der Waals surface area contributed by atoms with Gasteiger partial charge >= 0.3 is 74.4 Å². The number of rotatable bonds is 2. The Labute approximate surface area is 74.7 Å². The van der Waals surface area contributed by atoms with Crippen LogP contribution in [0.3, 0.4) is 0 Å². The standard InChI is InChI=1S/2C5H7.Co/c2*1-2-4-5-3-1;/h2*1H,2,4-5H2;. The molecule has 0 aromatic carbocycles. The Bertz CT molecular complexity index is 179. The quantitative estimate of drug-likeness (QED) is 0.631. The van der Waals surface area contributed by atoms with Gasteiger partial charge in [0.1, 0.15) is 0 Å². The predicted octanol–water partition coefficient (Wildman–Crippen LogP) is 3.20. The minimum atomic E-state index is 1.33. The monoisotopic (exact) mass is 193 g/mol. The molecule has 0 saturated carbocycles. The Morgan fingerprint density at radius 3 is 1.82 bits per heavy atom. The summed E-state index contributed by atoms with van der Waals surface area (Å²) >= 11 is 1.58. The van der Waals surface area contributed by atoms with E-state index in [1.165, 1.54) is 38.5 Å². The van der Waals surface area contributed by atoms with E-state index >= 15 is 0 Å². The predicted molar refractivity (Wildman–Crippen MR) is 43.9 cm³/mol. The van der Waals surface area contributed by atoms with Gasteiger partial charge in [-0.2, -0.15) is 0 Å². The van der Waals surface area contributed by atoms with Crippen LogP contribution < -0.4 is 0 Å². The Hall–Kier alpha value is -0.0135. The van der Waals surface area contributed by atoms with Crippen molar-refractivity contribution in [3.8, 4) is 0 Å². The van der Waals surface area contributed by atoms with Gasteiger partial charge in [-0.3, -0.25) is 0 Å². The third-order valence-electron chi connectivity index (χ3n) is 2.14. The molecule has 0 atom stereocenters. The second-order valence-electron chi connectivity index (χ2n) is 3.11. The first-order chi connectivity index (χ1) is 5.45. The van der Waals surface area contributed by atoms with Crippen LogP contribution in [0.4, 0.5) is 0 Å². The Morgan fingerprint density at radius 2 is 1.45 bits per heavy atom. The van der Waals surface area contributed by atoms with E-state index < -0.39 is 0 Å². The molecule has 0 aromatic heterocycles. The van der Waals surface area contributed by atoms with Gasteiger partial charge in [-0.25, -0.2) is 0 Å². The zero-order valence-corrected chi connectivity index (χ0v) is 7.77. The van der Waals surface area contributed by atoms with Crippen LogP contribution in [0, 0.1) is 0 Å². The molecule has 0 spiro atoms. The van der Waals surface area contributed by atoms with Crippen LogP contribution >= 0.6 is 0 Å². The van der Waals surface area contributed by atoms with Crippen molar-refractivity contribution in [3.05, 3.63) is 21.2 Å². The summed E-state index contributed by atoms with van der Waals surface area (Å²) in [6.07, 6.45) is 13.0. The molecule has 0 saturated heterocycles. The zero-order chi connectivity index (χ0) is 7.52. The van der Waals surface area contributed by atoms with Gasteiger partial charge in [-0.15, -0.1) is 0 Å². The van der Waals surface area contributed by atoms with E-state index in [-0.39, 0.29) is 0 Å². The summed E-state index contributed by atoms with van der Waals surface area (Å²) in [6.45, 7) is 0. The van der Waals surface area contributed by atoms with Gasteiger partial charge in [-0.05, 0) is 0 Å². The SMILES string of the molecule is C1=[C]([Co][C]2=CCCC2)CCC1. The molecule has 0 heterocycles. The average Bonchev–Trinajstić information content (AvgIpc) is 2.60. The van der Waals surface area contributed by atoms with Gasteiger partial charge in [-0.1, -0.05) is 0 Å². The first-order valence-electron chi connectivity index (χ1n) is 4.43. The molecule has 0 aromatic rings. The van der Waals surface area contributed by atoms with Crippen molar-refractivity contribution in [1.82, 2.24) is 0 Å². The summed E-state index contributed by atoms with van der Waals surface area (Å²) in [5.74, 6) is 0. The second kappa shape index (κ2) is 3.59. The van der Waals surface area contributed by atoms with Crippen LogP contribution in [-0.2, 0) is 14.7 Å². The summed E-state index contributed by atoms with van der Waals surface area (Å²) < 4.78 is 3.35. The molecule has 2 aliphatic rings. The van der Waals surface area contributed by atoms with Crippen LogP contribution in [0.25, 0.3) is 0 Å². The van der Waals surface area contributed by atoms with Gasteiger partial charge in [0, 0.05) is 0 Å². The molecular weight excluding hydrogens is 179 g/mol. The van der Waals surface area contributed by atoms with E-state index in [1.54, 1.807) is 23.7 Å². The molecule has 0 fully saturated rings. The Morgan fingerprint density at radius 1 is 0.909 bits per heavy atom. The van der Waals surface area contributed by atoms with Gasteiger partial charge in [0.2, 0.25) is 0 Å². The van der Waals surface area contributed by atoms with E-state index in [9.17, 15) is 0 Å². The molecule has 11 heavy (non-hydrogen) atoms. The van der Waals surface area contributed by atoms with Gasteiger partial charge in [0.25, 0.3) is 0 Å². The molecule has 0 radical (unpaired) electrons. The maximum absolute atomic E-state index is 2.43. The van der Waals surface area contributed by atoms with Gasteiger partial charge in [0.05, 0.1) is 0 Å². The normalized spacial score (nSPS) is 24.0. The minimum absolute atomic E-state index is 1.33. The molecule has 63 valence electrons. The number of allylic oxidation sites excluding steroid dienone is 4.